The molecule has 1 fully saturated rings. The van der Waals surface area contributed by atoms with E-state index in [1.807, 2.05) is 43.3 Å². The Labute approximate surface area is 165 Å². The summed E-state index contributed by atoms with van der Waals surface area (Å²) in [7, 11) is 1.63. The molecule has 0 heterocycles. The van der Waals surface area contributed by atoms with Crippen molar-refractivity contribution in [3.05, 3.63) is 59.1 Å². The third-order valence-corrected chi connectivity index (χ3v) is 5.43. The van der Waals surface area contributed by atoms with Gasteiger partial charge in [-0.1, -0.05) is 54.8 Å². The summed E-state index contributed by atoms with van der Waals surface area (Å²) in [4.78, 5) is 13.2. The first-order valence-electron chi connectivity index (χ1n) is 9.37. The average molecular weight is 388 g/mol. The minimum absolute atomic E-state index is 0.0312. The number of carbonyl (C=O) groups excluding carboxylic acids is 1. The molecule has 4 nitrogen and oxygen atoms in total. The second kappa shape index (κ2) is 8.77. The third kappa shape index (κ3) is 4.45. The van der Waals surface area contributed by atoms with Gasteiger partial charge in [-0.2, -0.15) is 0 Å². The van der Waals surface area contributed by atoms with Gasteiger partial charge in [0, 0.05) is 12.8 Å². The first-order chi connectivity index (χ1) is 13.0. The predicted molar refractivity (Wildman–Crippen MR) is 109 cm³/mol. The standard InChI is InChI=1S/C22H26ClNO3/c1-16(15-26-2)27-20-11-10-18(14-19(20)23)24-21(25)22(12-6-7-13-22)17-8-4-3-5-9-17/h3-5,8-11,14,16H,6-7,12-13,15H2,1-2H3,(H,24,25)/t16-/m1/s1. The Morgan fingerprint density at radius 3 is 2.52 bits per heavy atom. The molecule has 27 heavy (non-hydrogen) atoms. The topological polar surface area (TPSA) is 47.6 Å². The minimum atomic E-state index is -0.462. The quantitative estimate of drug-likeness (QED) is 0.709. The number of rotatable bonds is 7. The molecular formula is C22H26ClNO3. The molecule has 1 amide bonds. The van der Waals surface area contributed by atoms with Gasteiger partial charge in [0.1, 0.15) is 11.9 Å². The second-order valence-corrected chi connectivity index (χ2v) is 7.55. The van der Waals surface area contributed by atoms with Gasteiger partial charge in [0.05, 0.1) is 17.0 Å². The van der Waals surface area contributed by atoms with E-state index in [1.165, 1.54) is 0 Å². The first-order valence-corrected chi connectivity index (χ1v) is 9.75. The lowest BCUT2D eigenvalue weighted by Crippen LogP contribution is -2.37. The molecule has 0 saturated heterocycles. The molecule has 1 atom stereocenters. The smallest absolute Gasteiger partial charge is 0.235 e. The Kier molecular flexibility index (Phi) is 6.40. The first kappa shape index (κ1) is 19.7. The van der Waals surface area contributed by atoms with E-state index in [-0.39, 0.29) is 12.0 Å². The zero-order valence-corrected chi connectivity index (χ0v) is 16.6. The third-order valence-electron chi connectivity index (χ3n) is 5.14. The summed E-state index contributed by atoms with van der Waals surface area (Å²) in [5, 5.41) is 3.53. The minimum Gasteiger partial charge on any atom is -0.487 e. The van der Waals surface area contributed by atoms with Gasteiger partial charge in [-0.25, -0.2) is 0 Å². The maximum Gasteiger partial charge on any atom is 0.235 e. The van der Waals surface area contributed by atoms with Crippen molar-refractivity contribution in [2.45, 2.75) is 44.1 Å². The van der Waals surface area contributed by atoms with Crippen molar-refractivity contribution in [3.63, 3.8) is 0 Å². The molecular weight excluding hydrogens is 362 g/mol. The highest BCUT2D eigenvalue weighted by Gasteiger charge is 2.42. The molecule has 144 valence electrons. The van der Waals surface area contributed by atoms with Crippen LogP contribution in [0.5, 0.6) is 5.75 Å². The van der Waals surface area contributed by atoms with Crippen LogP contribution in [-0.2, 0) is 14.9 Å². The number of halogens is 1. The summed E-state index contributed by atoms with van der Waals surface area (Å²) >= 11 is 6.35. The molecule has 3 rings (SSSR count). The molecule has 0 radical (unpaired) electrons. The molecule has 1 aliphatic carbocycles. The Hall–Kier alpha value is -2.04. The monoisotopic (exact) mass is 387 g/mol. The Bertz CT molecular complexity index is 772. The van der Waals surface area contributed by atoms with Crippen LogP contribution in [0.4, 0.5) is 5.69 Å². The van der Waals surface area contributed by atoms with Crippen molar-refractivity contribution < 1.29 is 14.3 Å². The fraction of sp³-hybridized carbons (Fsp3) is 0.409. The van der Waals surface area contributed by atoms with Crippen LogP contribution in [0.25, 0.3) is 0 Å². The highest BCUT2D eigenvalue weighted by Crippen LogP contribution is 2.42. The van der Waals surface area contributed by atoms with Crippen molar-refractivity contribution in [3.8, 4) is 5.75 Å². The van der Waals surface area contributed by atoms with Crippen molar-refractivity contribution in [2.24, 2.45) is 0 Å². The molecule has 1 saturated carbocycles. The van der Waals surface area contributed by atoms with Crippen LogP contribution in [-0.4, -0.2) is 25.7 Å². The number of hydrogen-bond donors (Lipinski definition) is 1. The Balaban J connectivity index is 1.76. The fourth-order valence-corrected chi connectivity index (χ4v) is 4.02. The van der Waals surface area contributed by atoms with E-state index in [9.17, 15) is 4.79 Å². The largest absolute Gasteiger partial charge is 0.487 e. The van der Waals surface area contributed by atoms with Crippen molar-refractivity contribution in [1.82, 2.24) is 0 Å². The van der Waals surface area contributed by atoms with E-state index in [4.69, 9.17) is 21.1 Å². The van der Waals surface area contributed by atoms with Crippen LogP contribution in [0.3, 0.4) is 0 Å². The van der Waals surface area contributed by atoms with Gasteiger partial charge in [0.15, 0.2) is 0 Å². The number of benzene rings is 2. The number of ether oxygens (including phenoxy) is 2. The molecule has 0 bridgehead atoms. The Morgan fingerprint density at radius 1 is 1.19 bits per heavy atom. The normalized spacial score (nSPS) is 16.7. The molecule has 2 aromatic carbocycles. The lowest BCUT2D eigenvalue weighted by molar-refractivity contribution is -0.121. The summed E-state index contributed by atoms with van der Waals surface area (Å²) in [5.74, 6) is 0.613. The summed E-state index contributed by atoms with van der Waals surface area (Å²) in [6.07, 6.45) is 3.76. The number of amides is 1. The van der Waals surface area contributed by atoms with Gasteiger partial charge in [-0.15, -0.1) is 0 Å². The summed E-state index contributed by atoms with van der Waals surface area (Å²) < 4.78 is 10.8. The lowest BCUT2D eigenvalue weighted by atomic mass is 9.78. The van der Waals surface area contributed by atoms with E-state index >= 15 is 0 Å². The zero-order valence-electron chi connectivity index (χ0n) is 15.8. The van der Waals surface area contributed by atoms with E-state index in [0.717, 1.165) is 31.2 Å². The molecule has 0 spiro atoms. The van der Waals surface area contributed by atoms with Gasteiger partial charge in [-0.3, -0.25) is 4.79 Å². The van der Waals surface area contributed by atoms with E-state index in [2.05, 4.69) is 5.32 Å². The van der Waals surface area contributed by atoms with Crippen LogP contribution < -0.4 is 10.1 Å². The zero-order chi connectivity index (χ0) is 19.3. The average Bonchev–Trinajstić information content (AvgIpc) is 3.16. The van der Waals surface area contributed by atoms with Gasteiger partial charge < -0.3 is 14.8 Å². The second-order valence-electron chi connectivity index (χ2n) is 7.14. The van der Waals surface area contributed by atoms with Gasteiger partial charge >= 0.3 is 0 Å². The summed E-state index contributed by atoms with van der Waals surface area (Å²) in [6.45, 7) is 2.40. The van der Waals surface area contributed by atoms with Crippen LogP contribution in [0, 0.1) is 0 Å². The lowest BCUT2D eigenvalue weighted by Gasteiger charge is -2.28. The molecule has 0 unspecified atom stereocenters. The van der Waals surface area contributed by atoms with E-state index in [0.29, 0.717) is 23.1 Å². The summed E-state index contributed by atoms with van der Waals surface area (Å²) in [5.41, 5.74) is 1.30. The highest BCUT2D eigenvalue weighted by molar-refractivity contribution is 6.32. The van der Waals surface area contributed by atoms with Gasteiger partial charge in [-0.05, 0) is 43.5 Å². The van der Waals surface area contributed by atoms with Crippen LogP contribution in [0.2, 0.25) is 5.02 Å². The Morgan fingerprint density at radius 2 is 1.89 bits per heavy atom. The van der Waals surface area contributed by atoms with E-state index < -0.39 is 5.41 Å². The highest BCUT2D eigenvalue weighted by atomic mass is 35.5. The molecule has 5 heteroatoms. The molecule has 0 aromatic heterocycles. The van der Waals surface area contributed by atoms with Crippen molar-refractivity contribution in [2.75, 3.05) is 19.0 Å². The SMILES string of the molecule is COC[C@@H](C)Oc1ccc(NC(=O)C2(c3ccccc3)CCCC2)cc1Cl. The fourth-order valence-electron chi connectivity index (χ4n) is 3.79. The van der Waals surface area contributed by atoms with Gasteiger partial charge in [0.25, 0.3) is 0 Å². The number of methoxy groups -OCH3 is 1. The summed E-state index contributed by atoms with van der Waals surface area (Å²) in [6, 6.07) is 15.4. The molecule has 0 aliphatic heterocycles. The van der Waals surface area contributed by atoms with Crippen molar-refractivity contribution in [1.29, 1.82) is 0 Å². The molecule has 2 aromatic rings. The van der Waals surface area contributed by atoms with Gasteiger partial charge in [0.2, 0.25) is 5.91 Å². The van der Waals surface area contributed by atoms with Crippen LogP contribution in [0.1, 0.15) is 38.2 Å². The predicted octanol–water partition coefficient (Wildman–Crippen LogP) is 5.20. The van der Waals surface area contributed by atoms with Crippen molar-refractivity contribution >= 4 is 23.2 Å². The van der Waals surface area contributed by atoms with Crippen LogP contribution in [0.15, 0.2) is 48.5 Å². The number of nitrogens with one attached hydrogen (secondary N) is 1. The number of hydrogen-bond acceptors (Lipinski definition) is 3. The van der Waals surface area contributed by atoms with Crippen LogP contribution >= 0.6 is 11.6 Å². The number of carbonyl (C=O) groups is 1. The maximum atomic E-state index is 13.2. The van der Waals surface area contributed by atoms with E-state index in [1.54, 1.807) is 19.2 Å². The number of anilines is 1. The molecule has 1 aliphatic rings. The maximum absolute atomic E-state index is 13.2. The molecule has 1 N–H and O–H groups in total.